The van der Waals surface area contributed by atoms with E-state index < -0.39 is 40.8 Å². The molecule has 0 spiro atoms. The van der Waals surface area contributed by atoms with Gasteiger partial charge in [0.15, 0.2) is 0 Å². The van der Waals surface area contributed by atoms with Crippen LogP contribution in [0.2, 0.25) is 0 Å². The van der Waals surface area contributed by atoms with Crippen molar-refractivity contribution in [2.45, 2.75) is 32.1 Å². The van der Waals surface area contributed by atoms with Gasteiger partial charge in [-0.15, -0.1) is 0 Å². The van der Waals surface area contributed by atoms with Crippen LogP contribution in [0, 0.1) is 0 Å². The molecule has 1 aromatic rings. The van der Waals surface area contributed by atoms with Crippen LogP contribution < -0.4 is 11.4 Å². The second-order valence-electron chi connectivity index (χ2n) is 4.54. The van der Waals surface area contributed by atoms with Crippen molar-refractivity contribution < 1.29 is 17.0 Å². The van der Waals surface area contributed by atoms with Crippen molar-refractivity contribution in [3.05, 3.63) is 26.8 Å². The molecule has 0 saturated heterocycles. The zero-order valence-electron chi connectivity index (χ0n) is 10.8. The standard InChI is InChI=1S/C10H14FN3O5S/c1-20(17,18)19-6-7(11)5-14-9(15)12-8-3-2-4-13(8)10(14)16/h7H,2-6H2,1H3. The van der Waals surface area contributed by atoms with Crippen molar-refractivity contribution in [3.63, 3.8) is 0 Å². The Balaban J connectivity index is 2.18. The number of hydrogen-bond donors (Lipinski definition) is 0. The minimum absolute atomic E-state index is 0.402. The summed E-state index contributed by atoms with van der Waals surface area (Å²) in [6, 6.07) is 0. The van der Waals surface area contributed by atoms with Crippen LogP contribution in [0.4, 0.5) is 4.39 Å². The molecule has 0 amide bonds. The quantitative estimate of drug-likeness (QED) is 0.625. The van der Waals surface area contributed by atoms with Crippen LogP contribution in [-0.4, -0.2) is 41.6 Å². The van der Waals surface area contributed by atoms with Gasteiger partial charge >= 0.3 is 11.4 Å². The van der Waals surface area contributed by atoms with Gasteiger partial charge in [0.25, 0.3) is 10.1 Å². The van der Waals surface area contributed by atoms with E-state index >= 15 is 0 Å². The molecule has 112 valence electrons. The van der Waals surface area contributed by atoms with Crippen LogP contribution in [0.5, 0.6) is 0 Å². The van der Waals surface area contributed by atoms with Crippen LogP contribution in [-0.2, 0) is 33.8 Å². The van der Waals surface area contributed by atoms with E-state index in [9.17, 15) is 22.4 Å². The molecule has 0 aromatic carbocycles. The monoisotopic (exact) mass is 307 g/mol. The fraction of sp³-hybridized carbons (Fsp3) is 0.700. The van der Waals surface area contributed by atoms with Gasteiger partial charge in [0.05, 0.1) is 19.4 Å². The Kier molecular flexibility index (Phi) is 4.04. The van der Waals surface area contributed by atoms with Crippen molar-refractivity contribution in [2.24, 2.45) is 0 Å². The van der Waals surface area contributed by atoms with Crippen LogP contribution >= 0.6 is 0 Å². The first-order valence-electron chi connectivity index (χ1n) is 5.97. The Morgan fingerprint density at radius 1 is 1.45 bits per heavy atom. The van der Waals surface area contributed by atoms with Crippen molar-refractivity contribution in [2.75, 3.05) is 12.9 Å². The number of aromatic nitrogens is 3. The number of fused-ring (bicyclic) bond motifs is 1. The van der Waals surface area contributed by atoms with Gasteiger partial charge in [-0.1, -0.05) is 0 Å². The molecule has 1 aliphatic rings. The van der Waals surface area contributed by atoms with Crippen molar-refractivity contribution in [1.82, 2.24) is 14.1 Å². The first kappa shape index (κ1) is 14.9. The second-order valence-corrected chi connectivity index (χ2v) is 6.19. The lowest BCUT2D eigenvalue weighted by atomic mass is 10.4. The van der Waals surface area contributed by atoms with Crippen LogP contribution in [0.1, 0.15) is 12.2 Å². The Morgan fingerprint density at radius 3 is 2.80 bits per heavy atom. The highest BCUT2D eigenvalue weighted by atomic mass is 32.2. The lowest BCUT2D eigenvalue weighted by Crippen LogP contribution is -2.44. The molecule has 20 heavy (non-hydrogen) atoms. The summed E-state index contributed by atoms with van der Waals surface area (Å²) in [7, 11) is -3.77. The molecule has 0 fully saturated rings. The molecule has 0 saturated carbocycles. The number of nitrogens with zero attached hydrogens (tertiary/aromatic N) is 3. The fourth-order valence-corrected chi connectivity index (χ4v) is 2.38. The zero-order chi connectivity index (χ0) is 14.9. The first-order valence-corrected chi connectivity index (χ1v) is 7.78. The minimum Gasteiger partial charge on any atom is -0.281 e. The Labute approximate surface area is 113 Å². The summed E-state index contributed by atoms with van der Waals surface area (Å²) in [6.07, 6.45) is 0.248. The Hall–Kier alpha value is -1.55. The molecule has 2 rings (SSSR count). The number of halogens is 1. The van der Waals surface area contributed by atoms with Crippen molar-refractivity contribution in [3.8, 4) is 0 Å². The maximum Gasteiger partial charge on any atom is 0.353 e. The summed E-state index contributed by atoms with van der Waals surface area (Å²) in [5.74, 6) is 0.402. The van der Waals surface area contributed by atoms with E-state index in [2.05, 4.69) is 9.17 Å². The highest BCUT2D eigenvalue weighted by molar-refractivity contribution is 7.85. The number of aryl methyl sites for hydroxylation is 1. The summed E-state index contributed by atoms with van der Waals surface area (Å²) >= 11 is 0. The zero-order valence-corrected chi connectivity index (χ0v) is 11.6. The van der Waals surface area contributed by atoms with Gasteiger partial charge in [-0.2, -0.15) is 13.4 Å². The van der Waals surface area contributed by atoms with Crippen LogP contribution in [0.15, 0.2) is 9.59 Å². The molecule has 1 aromatic heterocycles. The SMILES string of the molecule is CS(=O)(=O)OCC(F)Cn1c(=O)nc2n(c1=O)CCC2. The van der Waals surface area contributed by atoms with Gasteiger partial charge in [-0.25, -0.2) is 18.5 Å². The number of alkyl halides is 1. The van der Waals surface area contributed by atoms with Gasteiger partial charge in [0.1, 0.15) is 12.0 Å². The molecule has 0 radical (unpaired) electrons. The first-order chi connectivity index (χ1) is 9.28. The van der Waals surface area contributed by atoms with E-state index in [4.69, 9.17) is 0 Å². The molecular formula is C10H14FN3O5S. The third-order valence-electron chi connectivity index (χ3n) is 2.85. The average molecular weight is 307 g/mol. The van der Waals surface area contributed by atoms with E-state index in [1.807, 2.05) is 0 Å². The summed E-state index contributed by atoms with van der Waals surface area (Å²) in [5, 5.41) is 0. The Bertz CT molecular complexity index is 723. The van der Waals surface area contributed by atoms with E-state index in [-0.39, 0.29) is 0 Å². The number of rotatable bonds is 5. The van der Waals surface area contributed by atoms with Gasteiger partial charge in [-0.3, -0.25) is 8.75 Å². The molecule has 2 heterocycles. The third-order valence-corrected chi connectivity index (χ3v) is 3.42. The summed E-state index contributed by atoms with van der Waals surface area (Å²) in [4.78, 5) is 27.3. The van der Waals surface area contributed by atoms with Gasteiger partial charge in [0.2, 0.25) is 0 Å². The van der Waals surface area contributed by atoms with E-state index in [0.717, 1.165) is 6.26 Å². The second kappa shape index (κ2) is 5.44. The Morgan fingerprint density at radius 2 is 2.15 bits per heavy atom. The smallest absolute Gasteiger partial charge is 0.281 e. The van der Waals surface area contributed by atoms with Crippen LogP contribution in [0.3, 0.4) is 0 Å². The molecule has 8 nitrogen and oxygen atoms in total. The lowest BCUT2D eigenvalue weighted by molar-refractivity contribution is 0.180. The van der Waals surface area contributed by atoms with E-state index in [0.29, 0.717) is 29.8 Å². The summed E-state index contributed by atoms with van der Waals surface area (Å²) in [6.45, 7) is -0.884. The third kappa shape index (κ3) is 3.31. The molecule has 1 unspecified atom stereocenters. The lowest BCUT2D eigenvalue weighted by Gasteiger charge is -2.11. The van der Waals surface area contributed by atoms with Crippen LogP contribution in [0.25, 0.3) is 0 Å². The highest BCUT2D eigenvalue weighted by Crippen LogP contribution is 2.06. The molecule has 0 N–H and O–H groups in total. The average Bonchev–Trinajstić information content (AvgIpc) is 2.79. The predicted octanol–water partition coefficient (Wildman–Crippen LogP) is -1.33. The maximum absolute atomic E-state index is 13.6. The molecule has 0 aliphatic carbocycles. The van der Waals surface area contributed by atoms with Gasteiger partial charge in [0, 0.05) is 13.0 Å². The van der Waals surface area contributed by atoms with E-state index in [1.54, 1.807) is 0 Å². The molecular weight excluding hydrogens is 293 g/mol. The molecule has 10 heteroatoms. The normalized spacial score (nSPS) is 16.1. The predicted molar refractivity (Wildman–Crippen MR) is 66.8 cm³/mol. The summed E-state index contributed by atoms with van der Waals surface area (Å²) in [5.41, 5.74) is -1.45. The number of hydrogen-bond acceptors (Lipinski definition) is 6. The van der Waals surface area contributed by atoms with E-state index in [1.165, 1.54) is 4.57 Å². The van der Waals surface area contributed by atoms with Crippen molar-refractivity contribution in [1.29, 1.82) is 0 Å². The van der Waals surface area contributed by atoms with Crippen molar-refractivity contribution >= 4 is 10.1 Å². The largest absolute Gasteiger partial charge is 0.353 e. The fourth-order valence-electron chi connectivity index (χ4n) is 1.98. The molecule has 1 aliphatic heterocycles. The van der Waals surface area contributed by atoms with Gasteiger partial charge < -0.3 is 0 Å². The van der Waals surface area contributed by atoms with Gasteiger partial charge in [-0.05, 0) is 6.42 Å². The highest BCUT2D eigenvalue weighted by Gasteiger charge is 2.20. The maximum atomic E-state index is 13.6. The summed E-state index contributed by atoms with van der Waals surface area (Å²) < 4.78 is 41.4. The molecule has 1 atom stereocenters. The molecule has 0 bridgehead atoms. The minimum atomic E-state index is -3.77. The topological polar surface area (TPSA) is 100 Å².